The fraction of sp³-hybridized carbons (Fsp3) is 0.0667. The van der Waals surface area contributed by atoms with Crippen LogP contribution in [0.15, 0.2) is 36.4 Å². The van der Waals surface area contributed by atoms with E-state index in [9.17, 15) is 14.9 Å². The summed E-state index contributed by atoms with van der Waals surface area (Å²) in [5.41, 5.74) is 1.89. The Labute approximate surface area is 139 Å². The Kier molecular flexibility index (Phi) is 3.97. The number of anilines is 1. The normalized spacial score (nSPS) is 10.7. The molecule has 0 aliphatic carbocycles. The van der Waals surface area contributed by atoms with E-state index in [0.29, 0.717) is 25.9 Å². The molecule has 3 aromatic rings. The molecule has 1 amide bonds. The first-order valence-corrected chi connectivity index (χ1v) is 7.76. The highest BCUT2D eigenvalue weighted by Gasteiger charge is 2.13. The second kappa shape index (κ2) is 5.94. The second-order valence-electron chi connectivity index (χ2n) is 4.85. The third-order valence-electron chi connectivity index (χ3n) is 3.24. The first-order chi connectivity index (χ1) is 10.9. The van der Waals surface area contributed by atoms with Gasteiger partial charge in [-0.1, -0.05) is 29.0 Å². The van der Waals surface area contributed by atoms with Crippen molar-refractivity contribution in [2.75, 3.05) is 5.32 Å². The van der Waals surface area contributed by atoms with E-state index < -0.39 is 4.92 Å². The van der Waals surface area contributed by atoms with Crippen molar-refractivity contribution in [1.82, 2.24) is 4.98 Å². The largest absolute Gasteiger partial charge is 0.298 e. The van der Waals surface area contributed by atoms with Crippen LogP contribution in [0.5, 0.6) is 0 Å². The number of carbonyl (C=O) groups excluding carboxylic acids is 1. The second-order valence-corrected chi connectivity index (χ2v) is 6.28. The van der Waals surface area contributed by atoms with Crippen LogP contribution in [-0.2, 0) is 0 Å². The van der Waals surface area contributed by atoms with E-state index in [1.54, 1.807) is 24.3 Å². The molecule has 6 nitrogen and oxygen atoms in total. The maximum Gasteiger partial charge on any atom is 0.270 e. The third kappa shape index (κ3) is 3.15. The summed E-state index contributed by atoms with van der Waals surface area (Å²) >= 11 is 7.19. The van der Waals surface area contributed by atoms with Gasteiger partial charge in [0.25, 0.3) is 11.6 Å². The number of halogens is 1. The lowest BCUT2D eigenvalue weighted by Gasteiger charge is -2.03. The highest BCUT2D eigenvalue weighted by Crippen LogP contribution is 2.29. The lowest BCUT2D eigenvalue weighted by molar-refractivity contribution is -0.384. The van der Waals surface area contributed by atoms with E-state index in [-0.39, 0.29) is 11.6 Å². The number of carbonyl (C=O) groups is 1. The predicted octanol–water partition coefficient (Wildman–Crippen LogP) is 4.42. The minimum Gasteiger partial charge on any atom is -0.298 e. The van der Waals surface area contributed by atoms with Gasteiger partial charge in [0, 0.05) is 22.7 Å². The van der Waals surface area contributed by atoms with Gasteiger partial charge < -0.3 is 0 Å². The SMILES string of the molecule is Cc1ccc(C(=O)Nc2nc3ccc([N+](=O)[O-])cc3s2)cc1Cl. The van der Waals surface area contributed by atoms with Crippen LogP contribution >= 0.6 is 22.9 Å². The van der Waals surface area contributed by atoms with Gasteiger partial charge in [0.1, 0.15) is 0 Å². The molecule has 0 aliphatic heterocycles. The highest BCUT2D eigenvalue weighted by atomic mass is 35.5. The summed E-state index contributed by atoms with van der Waals surface area (Å²) < 4.78 is 0.636. The molecule has 116 valence electrons. The van der Waals surface area contributed by atoms with E-state index in [4.69, 9.17) is 11.6 Å². The molecule has 0 atom stereocenters. The molecule has 0 unspecified atom stereocenters. The Hall–Kier alpha value is -2.51. The Morgan fingerprint density at radius 3 is 2.78 bits per heavy atom. The number of hydrogen-bond acceptors (Lipinski definition) is 5. The Balaban J connectivity index is 1.87. The molecule has 1 N–H and O–H groups in total. The van der Waals surface area contributed by atoms with Gasteiger partial charge in [-0.2, -0.15) is 0 Å². The number of fused-ring (bicyclic) bond motifs is 1. The number of nitro benzene ring substituents is 1. The zero-order chi connectivity index (χ0) is 16.6. The minimum absolute atomic E-state index is 0.00987. The molecule has 0 aliphatic rings. The zero-order valence-corrected chi connectivity index (χ0v) is 13.4. The molecule has 1 heterocycles. The molecule has 2 aromatic carbocycles. The van der Waals surface area contributed by atoms with Crippen molar-refractivity contribution < 1.29 is 9.72 Å². The van der Waals surface area contributed by atoms with Crippen molar-refractivity contribution >= 4 is 49.9 Å². The molecule has 0 fully saturated rings. The summed E-state index contributed by atoms with van der Waals surface area (Å²) in [5.74, 6) is -0.333. The van der Waals surface area contributed by atoms with Crippen molar-refractivity contribution in [3.63, 3.8) is 0 Å². The van der Waals surface area contributed by atoms with Crippen molar-refractivity contribution in [3.05, 3.63) is 62.7 Å². The van der Waals surface area contributed by atoms with Gasteiger partial charge in [0.2, 0.25) is 0 Å². The number of benzene rings is 2. The number of aromatic nitrogens is 1. The molecule has 23 heavy (non-hydrogen) atoms. The molecular formula is C15H10ClN3O3S. The Morgan fingerprint density at radius 1 is 1.30 bits per heavy atom. The quantitative estimate of drug-likeness (QED) is 0.561. The monoisotopic (exact) mass is 347 g/mol. The van der Waals surface area contributed by atoms with E-state index in [1.165, 1.54) is 23.5 Å². The molecule has 8 heteroatoms. The van der Waals surface area contributed by atoms with E-state index >= 15 is 0 Å². The zero-order valence-electron chi connectivity index (χ0n) is 11.9. The molecule has 0 spiro atoms. The van der Waals surface area contributed by atoms with Crippen LogP contribution < -0.4 is 5.32 Å². The van der Waals surface area contributed by atoms with Crippen molar-refractivity contribution in [3.8, 4) is 0 Å². The molecule has 0 radical (unpaired) electrons. The Morgan fingerprint density at radius 2 is 2.09 bits per heavy atom. The Bertz CT molecular complexity index is 939. The number of aryl methyl sites for hydroxylation is 1. The summed E-state index contributed by atoms with van der Waals surface area (Å²) in [4.78, 5) is 26.8. The number of amides is 1. The fourth-order valence-electron chi connectivity index (χ4n) is 1.98. The number of rotatable bonds is 3. The number of thiazole rings is 1. The minimum atomic E-state index is -0.467. The van der Waals surface area contributed by atoms with E-state index in [2.05, 4.69) is 10.3 Å². The van der Waals surface area contributed by atoms with Crippen LogP contribution in [0.1, 0.15) is 15.9 Å². The van der Waals surface area contributed by atoms with Crippen LogP contribution in [0.2, 0.25) is 5.02 Å². The van der Waals surface area contributed by atoms with Crippen LogP contribution in [-0.4, -0.2) is 15.8 Å². The maximum atomic E-state index is 12.2. The average molecular weight is 348 g/mol. The van der Waals surface area contributed by atoms with Gasteiger partial charge in [-0.15, -0.1) is 0 Å². The number of non-ortho nitro benzene ring substituents is 1. The lowest BCUT2D eigenvalue weighted by atomic mass is 10.1. The molecular weight excluding hydrogens is 338 g/mol. The smallest absolute Gasteiger partial charge is 0.270 e. The fourth-order valence-corrected chi connectivity index (χ4v) is 3.06. The summed E-state index contributed by atoms with van der Waals surface area (Å²) in [7, 11) is 0. The number of nitrogens with zero attached hydrogens (tertiary/aromatic N) is 2. The van der Waals surface area contributed by atoms with Gasteiger partial charge in [-0.3, -0.25) is 20.2 Å². The van der Waals surface area contributed by atoms with Crippen LogP contribution in [0.3, 0.4) is 0 Å². The van der Waals surface area contributed by atoms with Crippen LogP contribution in [0, 0.1) is 17.0 Å². The topological polar surface area (TPSA) is 85.1 Å². The number of nitro groups is 1. The highest BCUT2D eigenvalue weighted by molar-refractivity contribution is 7.22. The molecule has 1 aromatic heterocycles. The van der Waals surface area contributed by atoms with Crippen molar-refractivity contribution in [2.45, 2.75) is 6.92 Å². The molecule has 0 bridgehead atoms. The average Bonchev–Trinajstić information content (AvgIpc) is 2.90. The van der Waals surface area contributed by atoms with Crippen molar-refractivity contribution in [1.29, 1.82) is 0 Å². The maximum absolute atomic E-state index is 12.2. The van der Waals surface area contributed by atoms with Gasteiger partial charge >= 0.3 is 0 Å². The number of hydrogen-bond donors (Lipinski definition) is 1. The summed E-state index contributed by atoms with van der Waals surface area (Å²) in [6.45, 7) is 1.85. The van der Waals surface area contributed by atoms with Crippen LogP contribution in [0.4, 0.5) is 10.8 Å². The standard InChI is InChI=1S/C15H10ClN3O3S/c1-8-2-3-9(6-11(8)16)14(20)18-15-17-12-5-4-10(19(21)22)7-13(12)23-15/h2-7H,1H3,(H,17,18,20). The summed E-state index contributed by atoms with van der Waals surface area (Å²) in [6, 6.07) is 9.40. The summed E-state index contributed by atoms with van der Waals surface area (Å²) in [5, 5.41) is 14.4. The lowest BCUT2D eigenvalue weighted by Crippen LogP contribution is -2.11. The number of nitrogens with one attached hydrogen (secondary N) is 1. The molecule has 0 saturated carbocycles. The van der Waals surface area contributed by atoms with E-state index in [0.717, 1.165) is 5.56 Å². The molecule has 3 rings (SSSR count). The van der Waals surface area contributed by atoms with Gasteiger partial charge in [0.05, 0.1) is 15.1 Å². The van der Waals surface area contributed by atoms with Crippen LogP contribution in [0.25, 0.3) is 10.2 Å². The van der Waals surface area contributed by atoms with Gasteiger partial charge in [0.15, 0.2) is 5.13 Å². The van der Waals surface area contributed by atoms with Crippen molar-refractivity contribution in [2.24, 2.45) is 0 Å². The first-order valence-electron chi connectivity index (χ1n) is 6.56. The van der Waals surface area contributed by atoms with Gasteiger partial charge in [-0.05, 0) is 30.7 Å². The molecule has 0 saturated heterocycles. The predicted molar refractivity (Wildman–Crippen MR) is 90.4 cm³/mol. The first kappa shape index (κ1) is 15.4. The summed E-state index contributed by atoms with van der Waals surface area (Å²) in [6.07, 6.45) is 0. The van der Waals surface area contributed by atoms with E-state index in [1.807, 2.05) is 6.92 Å². The third-order valence-corrected chi connectivity index (χ3v) is 4.58. The van der Waals surface area contributed by atoms with Gasteiger partial charge in [-0.25, -0.2) is 4.98 Å².